The molecule has 1 heterocycles. The van der Waals surface area contributed by atoms with Crippen molar-refractivity contribution >= 4 is 5.69 Å². The van der Waals surface area contributed by atoms with Crippen LogP contribution in [0.15, 0.2) is 18.2 Å². The maximum absolute atomic E-state index is 13.8. The minimum atomic E-state index is -0.364. The maximum Gasteiger partial charge on any atom is 0.130 e. The van der Waals surface area contributed by atoms with Gasteiger partial charge in [0, 0.05) is 30.4 Å². The third kappa shape index (κ3) is 2.63. The van der Waals surface area contributed by atoms with E-state index in [1.165, 1.54) is 6.07 Å². The number of benzene rings is 1. The summed E-state index contributed by atoms with van der Waals surface area (Å²) in [6.45, 7) is 3.50. The Hall–Kier alpha value is -1.17. The molecule has 0 aliphatic carbocycles. The lowest BCUT2D eigenvalue weighted by Gasteiger charge is -2.35. The Morgan fingerprint density at radius 3 is 3.06 bits per heavy atom. The molecule has 1 fully saturated rings. The minimum absolute atomic E-state index is 0.0284. The van der Waals surface area contributed by atoms with Crippen LogP contribution < -0.4 is 10.6 Å². The largest absolute Gasteiger partial charge is 0.394 e. The molecule has 1 aliphatic heterocycles. The summed E-state index contributed by atoms with van der Waals surface area (Å²) in [5.74, 6) is -0.283. The minimum Gasteiger partial charge on any atom is -0.394 e. The van der Waals surface area contributed by atoms with Crippen molar-refractivity contribution in [2.45, 2.75) is 19.1 Å². The number of nitrogens with two attached hydrogens (primary N) is 1. The first-order valence-electron chi connectivity index (χ1n) is 6.15. The molecule has 5 heteroatoms. The number of hydrogen-bond donors (Lipinski definition) is 2. The number of rotatable bonds is 3. The smallest absolute Gasteiger partial charge is 0.130 e. The number of aliphatic hydroxyl groups excluding tert-OH is 1. The summed E-state index contributed by atoms with van der Waals surface area (Å²) >= 11 is 0. The Labute approximate surface area is 106 Å². The number of ether oxygens (including phenoxy) is 1. The molecule has 1 aliphatic rings. The molecule has 0 bridgehead atoms. The molecule has 1 saturated heterocycles. The van der Waals surface area contributed by atoms with Gasteiger partial charge >= 0.3 is 0 Å². The summed E-state index contributed by atoms with van der Waals surface area (Å²) in [5, 5.41) is 9.14. The predicted molar refractivity (Wildman–Crippen MR) is 68.0 cm³/mol. The van der Waals surface area contributed by atoms with E-state index in [4.69, 9.17) is 15.6 Å². The third-order valence-corrected chi connectivity index (χ3v) is 3.17. The van der Waals surface area contributed by atoms with Crippen LogP contribution in [0.3, 0.4) is 0 Å². The van der Waals surface area contributed by atoms with E-state index in [1.54, 1.807) is 13.0 Å². The van der Waals surface area contributed by atoms with Gasteiger partial charge in [-0.2, -0.15) is 0 Å². The van der Waals surface area contributed by atoms with Crippen molar-refractivity contribution in [3.05, 3.63) is 29.6 Å². The van der Waals surface area contributed by atoms with Crippen molar-refractivity contribution in [2.24, 2.45) is 5.73 Å². The van der Waals surface area contributed by atoms with Crippen LogP contribution >= 0.6 is 0 Å². The molecular formula is C13H19FN2O2. The van der Waals surface area contributed by atoms with E-state index in [2.05, 4.69) is 0 Å². The zero-order valence-electron chi connectivity index (χ0n) is 10.5. The highest BCUT2D eigenvalue weighted by Crippen LogP contribution is 2.29. The SMILES string of the molecule is CC(N)c1c(F)cccc1N1CCOC(CO)C1. The van der Waals surface area contributed by atoms with Gasteiger partial charge in [-0.15, -0.1) is 0 Å². The van der Waals surface area contributed by atoms with Gasteiger partial charge in [0.2, 0.25) is 0 Å². The summed E-state index contributed by atoms with van der Waals surface area (Å²) in [4.78, 5) is 2.02. The molecule has 0 amide bonds. The fourth-order valence-electron chi connectivity index (χ4n) is 2.30. The van der Waals surface area contributed by atoms with Gasteiger partial charge in [-0.1, -0.05) is 6.07 Å². The predicted octanol–water partition coefficient (Wildman–Crippen LogP) is 1.04. The van der Waals surface area contributed by atoms with E-state index in [9.17, 15) is 4.39 Å². The number of hydrogen-bond acceptors (Lipinski definition) is 4. The fourth-order valence-corrected chi connectivity index (χ4v) is 2.30. The molecule has 4 nitrogen and oxygen atoms in total. The highest BCUT2D eigenvalue weighted by Gasteiger charge is 2.23. The fraction of sp³-hybridized carbons (Fsp3) is 0.538. The van der Waals surface area contributed by atoms with Crippen LogP contribution in [0.25, 0.3) is 0 Å². The van der Waals surface area contributed by atoms with E-state index in [0.717, 1.165) is 5.69 Å². The molecule has 0 aromatic heterocycles. The molecule has 18 heavy (non-hydrogen) atoms. The molecule has 3 N–H and O–H groups in total. The second kappa shape index (κ2) is 5.65. The van der Waals surface area contributed by atoms with Gasteiger partial charge in [-0.3, -0.25) is 0 Å². The van der Waals surface area contributed by atoms with Gasteiger partial charge in [0.15, 0.2) is 0 Å². The van der Waals surface area contributed by atoms with Crippen LogP contribution in [-0.2, 0) is 4.74 Å². The van der Waals surface area contributed by atoms with Crippen LogP contribution in [-0.4, -0.2) is 37.5 Å². The number of nitrogens with zero attached hydrogens (tertiary/aromatic N) is 1. The van der Waals surface area contributed by atoms with Gasteiger partial charge < -0.3 is 20.5 Å². The summed E-state index contributed by atoms with van der Waals surface area (Å²) in [6.07, 6.45) is -0.219. The Morgan fingerprint density at radius 2 is 2.39 bits per heavy atom. The summed E-state index contributed by atoms with van der Waals surface area (Å²) in [5.41, 5.74) is 7.16. The quantitative estimate of drug-likeness (QED) is 0.846. The second-order valence-corrected chi connectivity index (χ2v) is 4.58. The zero-order chi connectivity index (χ0) is 13.1. The van der Waals surface area contributed by atoms with Crippen molar-refractivity contribution < 1.29 is 14.2 Å². The monoisotopic (exact) mass is 254 g/mol. The van der Waals surface area contributed by atoms with Gasteiger partial charge in [-0.25, -0.2) is 4.39 Å². The van der Waals surface area contributed by atoms with Crippen LogP contribution in [0.2, 0.25) is 0 Å². The average molecular weight is 254 g/mol. The topological polar surface area (TPSA) is 58.7 Å². The first-order valence-corrected chi connectivity index (χ1v) is 6.15. The first-order chi connectivity index (χ1) is 8.63. The van der Waals surface area contributed by atoms with E-state index in [0.29, 0.717) is 25.3 Å². The van der Waals surface area contributed by atoms with Crippen molar-refractivity contribution in [3.8, 4) is 0 Å². The number of aliphatic hydroxyl groups is 1. The lowest BCUT2D eigenvalue weighted by atomic mass is 10.0. The van der Waals surface area contributed by atoms with Gasteiger partial charge in [0.1, 0.15) is 5.82 Å². The van der Waals surface area contributed by atoms with E-state index in [1.807, 2.05) is 11.0 Å². The normalized spacial score (nSPS) is 22.0. The van der Waals surface area contributed by atoms with Crippen molar-refractivity contribution in [1.82, 2.24) is 0 Å². The van der Waals surface area contributed by atoms with Crippen LogP contribution in [0.4, 0.5) is 10.1 Å². The molecule has 0 radical (unpaired) electrons. The Bertz CT molecular complexity index is 412. The standard InChI is InChI=1S/C13H19FN2O2/c1-9(15)13-11(14)3-2-4-12(13)16-5-6-18-10(7-16)8-17/h2-4,9-10,17H,5-8,15H2,1H3. The molecule has 100 valence electrons. The highest BCUT2D eigenvalue weighted by atomic mass is 19.1. The first kappa shape index (κ1) is 13.3. The molecule has 0 saturated carbocycles. The number of morpholine rings is 1. The molecule has 2 atom stereocenters. The van der Waals surface area contributed by atoms with Gasteiger partial charge in [0.25, 0.3) is 0 Å². The number of anilines is 1. The van der Waals surface area contributed by atoms with Crippen molar-refractivity contribution in [2.75, 3.05) is 31.2 Å². The summed E-state index contributed by atoms with van der Waals surface area (Å²) < 4.78 is 19.2. The van der Waals surface area contributed by atoms with Crippen LogP contribution in [0.5, 0.6) is 0 Å². The Balaban J connectivity index is 2.29. The highest BCUT2D eigenvalue weighted by molar-refractivity contribution is 5.55. The molecule has 0 spiro atoms. The van der Waals surface area contributed by atoms with E-state index >= 15 is 0 Å². The summed E-state index contributed by atoms with van der Waals surface area (Å²) in [7, 11) is 0. The van der Waals surface area contributed by atoms with E-state index in [-0.39, 0.29) is 24.6 Å². The zero-order valence-corrected chi connectivity index (χ0v) is 10.5. The van der Waals surface area contributed by atoms with Crippen molar-refractivity contribution in [1.29, 1.82) is 0 Å². The van der Waals surface area contributed by atoms with Gasteiger partial charge in [-0.05, 0) is 19.1 Å². The molecular weight excluding hydrogens is 235 g/mol. The lowest BCUT2D eigenvalue weighted by Crippen LogP contribution is -2.44. The van der Waals surface area contributed by atoms with E-state index < -0.39 is 0 Å². The number of halogens is 1. The lowest BCUT2D eigenvalue weighted by molar-refractivity contribution is 0.00350. The third-order valence-electron chi connectivity index (χ3n) is 3.17. The molecule has 1 aromatic rings. The molecule has 1 aromatic carbocycles. The summed E-state index contributed by atoms with van der Waals surface area (Å²) in [6, 6.07) is 4.60. The Kier molecular flexibility index (Phi) is 4.16. The Morgan fingerprint density at radius 1 is 1.61 bits per heavy atom. The van der Waals surface area contributed by atoms with Crippen LogP contribution in [0, 0.1) is 5.82 Å². The van der Waals surface area contributed by atoms with Crippen LogP contribution in [0.1, 0.15) is 18.5 Å². The molecule has 2 rings (SSSR count). The maximum atomic E-state index is 13.8. The second-order valence-electron chi connectivity index (χ2n) is 4.58. The molecule has 2 unspecified atom stereocenters. The van der Waals surface area contributed by atoms with Crippen molar-refractivity contribution in [3.63, 3.8) is 0 Å². The van der Waals surface area contributed by atoms with Gasteiger partial charge in [0.05, 0.1) is 19.3 Å². The average Bonchev–Trinajstić information content (AvgIpc) is 2.38.